The quantitative estimate of drug-likeness (QED) is 0.661. The van der Waals surface area contributed by atoms with Crippen molar-refractivity contribution in [2.24, 2.45) is 0 Å². The monoisotopic (exact) mass is 363 g/mol. The molecule has 4 rings (SSSR count). The van der Waals surface area contributed by atoms with Crippen molar-refractivity contribution in [3.8, 4) is 0 Å². The molecule has 3 aromatic rings. The van der Waals surface area contributed by atoms with E-state index in [1.807, 2.05) is 12.3 Å². The molecule has 1 aliphatic heterocycles. The number of carbonyl (C=O) groups is 1. The van der Waals surface area contributed by atoms with E-state index in [1.165, 1.54) is 16.7 Å². The lowest BCUT2D eigenvalue weighted by atomic mass is 9.86. The maximum absolute atomic E-state index is 11.2. The van der Waals surface area contributed by atoms with Crippen LogP contribution in [0.25, 0.3) is 0 Å². The third kappa shape index (κ3) is 3.17. The topological polar surface area (TPSA) is 94.1 Å². The number of anilines is 1. The molecule has 0 saturated heterocycles. The number of rotatable bonds is 4. The summed E-state index contributed by atoms with van der Waals surface area (Å²) >= 11 is 0. The SMILES string of the molecule is Cc1cccc(C(Cc2cnc3c(c2)CNN3C(=O)O)c2cnc[nH]2)c1C. The average Bonchev–Trinajstić information content (AvgIpc) is 3.31. The summed E-state index contributed by atoms with van der Waals surface area (Å²) in [4.78, 5) is 23.1. The van der Waals surface area contributed by atoms with Crippen molar-refractivity contribution in [3.05, 3.63) is 76.5 Å². The van der Waals surface area contributed by atoms with Gasteiger partial charge in [-0.25, -0.2) is 20.2 Å². The molecule has 0 aliphatic carbocycles. The molecule has 0 bridgehead atoms. The average molecular weight is 363 g/mol. The molecule has 27 heavy (non-hydrogen) atoms. The van der Waals surface area contributed by atoms with E-state index in [0.717, 1.165) is 28.3 Å². The summed E-state index contributed by atoms with van der Waals surface area (Å²) in [6, 6.07) is 8.39. The zero-order valence-electron chi connectivity index (χ0n) is 15.2. The Morgan fingerprint density at radius 2 is 2.19 bits per heavy atom. The molecule has 3 N–H and O–H groups in total. The Hall–Kier alpha value is -3.19. The predicted octanol–water partition coefficient (Wildman–Crippen LogP) is 3.30. The maximum atomic E-state index is 11.2. The first-order valence-electron chi connectivity index (χ1n) is 8.83. The van der Waals surface area contributed by atoms with Gasteiger partial charge < -0.3 is 10.1 Å². The van der Waals surface area contributed by atoms with Gasteiger partial charge in [-0.2, -0.15) is 5.01 Å². The van der Waals surface area contributed by atoms with Crippen LogP contribution < -0.4 is 10.4 Å². The van der Waals surface area contributed by atoms with Gasteiger partial charge in [0.05, 0.1) is 6.33 Å². The fourth-order valence-electron chi connectivity index (χ4n) is 3.62. The number of amides is 1. The second kappa shape index (κ2) is 6.85. The molecule has 138 valence electrons. The number of hydrazine groups is 1. The second-order valence-electron chi connectivity index (χ2n) is 6.83. The van der Waals surface area contributed by atoms with Gasteiger partial charge in [-0.1, -0.05) is 18.2 Å². The van der Waals surface area contributed by atoms with E-state index in [-0.39, 0.29) is 5.92 Å². The van der Waals surface area contributed by atoms with Gasteiger partial charge in [-0.3, -0.25) is 0 Å². The Labute approximate surface area is 157 Å². The second-order valence-corrected chi connectivity index (χ2v) is 6.83. The zero-order chi connectivity index (χ0) is 19.0. The minimum absolute atomic E-state index is 0.122. The van der Waals surface area contributed by atoms with E-state index in [4.69, 9.17) is 0 Å². The van der Waals surface area contributed by atoms with Crippen LogP contribution in [0.4, 0.5) is 10.6 Å². The number of hydrogen-bond acceptors (Lipinski definition) is 4. The fraction of sp³-hybridized carbons (Fsp3) is 0.250. The number of aromatic amines is 1. The molecule has 0 spiro atoms. The van der Waals surface area contributed by atoms with Crippen LogP contribution in [-0.2, 0) is 13.0 Å². The van der Waals surface area contributed by atoms with Crippen LogP contribution in [-0.4, -0.2) is 26.2 Å². The number of H-pyrrole nitrogens is 1. The Kier molecular flexibility index (Phi) is 4.37. The summed E-state index contributed by atoms with van der Waals surface area (Å²) in [7, 11) is 0. The van der Waals surface area contributed by atoms with E-state index in [2.05, 4.69) is 52.4 Å². The summed E-state index contributed by atoms with van der Waals surface area (Å²) in [5, 5.41) is 10.3. The van der Waals surface area contributed by atoms with Gasteiger partial charge >= 0.3 is 6.09 Å². The highest BCUT2D eigenvalue weighted by molar-refractivity contribution is 5.85. The first-order chi connectivity index (χ1) is 13.0. The van der Waals surface area contributed by atoms with Crippen molar-refractivity contribution in [2.75, 3.05) is 5.01 Å². The zero-order valence-corrected chi connectivity index (χ0v) is 15.2. The van der Waals surface area contributed by atoms with Crippen molar-refractivity contribution in [1.82, 2.24) is 20.4 Å². The Morgan fingerprint density at radius 3 is 2.93 bits per heavy atom. The number of fused-ring (bicyclic) bond motifs is 1. The van der Waals surface area contributed by atoms with Gasteiger partial charge in [0.25, 0.3) is 0 Å². The lowest BCUT2D eigenvalue weighted by Gasteiger charge is -2.20. The third-order valence-corrected chi connectivity index (χ3v) is 5.19. The Balaban J connectivity index is 1.69. The number of hydrogen-bond donors (Lipinski definition) is 3. The predicted molar refractivity (Wildman–Crippen MR) is 102 cm³/mol. The standard InChI is InChI=1S/C20H21N5O2/c1-12-4-3-5-16(13(12)2)17(18-10-21-11-23-18)7-14-6-15-9-24-25(20(26)27)19(15)22-8-14/h3-6,8,10-11,17,24H,7,9H2,1-2H3,(H,21,23)(H,26,27). The number of benzene rings is 1. The van der Waals surface area contributed by atoms with Crippen molar-refractivity contribution in [1.29, 1.82) is 0 Å². The summed E-state index contributed by atoms with van der Waals surface area (Å²) in [6.07, 6.45) is 5.01. The van der Waals surface area contributed by atoms with Crippen molar-refractivity contribution >= 4 is 11.9 Å². The van der Waals surface area contributed by atoms with E-state index >= 15 is 0 Å². The van der Waals surface area contributed by atoms with E-state index in [0.29, 0.717) is 12.4 Å². The van der Waals surface area contributed by atoms with E-state index in [9.17, 15) is 9.90 Å². The number of aryl methyl sites for hydroxylation is 1. The third-order valence-electron chi connectivity index (χ3n) is 5.19. The molecule has 0 radical (unpaired) electrons. The lowest BCUT2D eigenvalue weighted by Crippen LogP contribution is -2.37. The molecule has 0 fully saturated rings. The highest BCUT2D eigenvalue weighted by Crippen LogP contribution is 2.32. The van der Waals surface area contributed by atoms with Crippen LogP contribution >= 0.6 is 0 Å². The summed E-state index contributed by atoms with van der Waals surface area (Å²) < 4.78 is 0. The minimum Gasteiger partial charge on any atom is -0.464 e. The van der Waals surface area contributed by atoms with Crippen molar-refractivity contribution in [3.63, 3.8) is 0 Å². The fourth-order valence-corrected chi connectivity index (χ4v) is 3.62. The highest BCUT2D eigenvalue weighted by Gasteiger charge is 2.26. The van der Waals surface area contributed by atoms with E-state index in [1.54, 1.807) is 12.5 Å². The van der Waals surface area contributed by atoms with Gasteiger partial charge in [0.15, 0.2) is 5.82 Å². The smallest absolute Gasteiger partial charge is 0.427 e. The Morgan fingerprint density at radius 1 is 1.33 bits per heavy atom. The minimum atomic E-state index is -1.06. The molecule has 1 amide bonds. The molecule has 7 heteroatoms. The lowest BCUT2D eigenvalue weighted by molar-refractivity contribution is 0.199. The van der Waals surface area contributed by atoms with Crippen molar-refractivity contribution in [2.45, 2.75) is 32.7 Å². The molecule has 1 unspecified atom stereocenters. The molecule has 3 heterocycles. The van der Waals surface area contributed by atoms with Gasteiger partial charge in [-0.05, 0) is 48.6 Å². The van der Waals surface area contributed by atoms with Gasteiger partial charge in [0.1, 0.15) is 0 Å². The molecular weight excluding hydrogens is 342 g/mol. The largest absolute Gasteiger partial charge is 0.464 e. The number of nitrogens with one attached hydrogen (secondary N) is 2. The van der Waals surface area contributed by atoms with Crippen LogP contribution in [0.5, 0.6) is 0 Å². The summed E-state index contributed by atoms with van der Waals surface area (Å²) in [5.41, 5.74) is 9.61. The first-order valence-corrected chi connectivity index (χ1v) is 8.83. The van der Waals surface area contributed by atoms with E-state index < -0.39 is 6.09 Å². The molecule has 1 aliphatic rings. The Bertz CT molecular complexity index is 984. The molecule has 1 aromatic carbocycles. The van der Waals surface area contributed by atoms with Crippen LogP contribution in [0.2, 0.25) is 0 Å². The molecule has 1 atom stereocenters. The van der Waals surface area contributed by atoms with Gasteiger partial charge in [0.2, 0.25) is 0 Å². The molecule has 0 saturated carbocycles. The number of imidazole rings is 1. The summed E-state index contributed by atoms with van der Waals surface area (Å²) in [5.74, 6) is 0.577. The van der Waals surface area contributed by atoms with Crippen LogP contribution in [0.3, 0.4) is 0 Å². The number of pyridine rings is 1. The number of aromatic nitrogens is 3. The number of carboxylic acid groups (broad SMARTS) is 1. The number of nitrogens with zero attached hydrogens (tertiary/aromatic N) is 3. The van der Waals surface area contributed by atoms with Crippen molar-refractivity contribution < 1.29 is 9.90 Å². The van der Waals surface area contributed by atoms with Crippen LogP contribution in [0.1, 0.15) is 39.4 Å². The van der Waals surface area contributed by atoms with Gasteiger partial charge in [0, 0.05) is 36.1 Å². The molecular formula is C20H21N5O2. The normalized spacial score (nSPS) is 14.2. The summed E-state index contributed by atoms with van der Waals surface area (Å²) in [6.45, 7) is 4.72. The maximum Gasteiger partial charge on any atom is 0.427 e. The molecule has 2 aromatic heterocycles. The molecule has 7 nitrogen and oxygen atoms in total. The first kappa shape index (κ1) is 17.2. The van der Waals surface area contributed by atoms with Crippen LogP contribution in [0.15, 0.2) is 43.0 Å². The highest BCUT2D eigenvalue weighted by atomic mass is 16.4. The van der Waals surface area contributed by atoms with Gasteiger partial charge in [-0.15, -0.1) is 0 Å². The van der Waals surface area contributed by atoms with Crippen LogP contribution in [0, 0.1) is 13.8 Å².